The number of carbonyl (C=O) groups excluding carboxylic acids is 1. The molecule has 0 fully saturated rings. The molecule has 0 saturated carbocycles. The molecule has 17 heavy (non-hydrogen) atoms. The number of hydrogen-bond acceptors (Lipinski definition) is 2. The molecular formula is C14H28N2O. The van der Waals surface area contributed by atoms with E-state index in [0.29, 0.717) is 24.8 Å². The van der Waals surface area contributed by atoms with Gasteiger partial charge in [0.1, 0.15) is 0 Å². The molecule has 0 aliphatic carbocycles. The summed E-state index contributed by atoms with van der Waals surface area (Å²) in [7, 11) is 0. The molecule has 100 valence electrons. The van der Waals surface area contributed by atoms with Crippen LogP contribution in [0.4, 0.5) is 0 Å². The van der Waals surface area contributed by atoms with Crippen molar-refractivity contribution in [3.63, 3.8) is 0 Å². The lowest BCUT2D eigenvalue weighted by Crippen LogP contribution is -2.29. The minimum atomic E-state index is 0.125. The lowest BCUT2D eigenvalue weighted by atomic mass is 9.94. The lowest BCUT2D eigenvalue weighted by Gasteiger charge is -2.14. The van der Waals surface area contributed by atoms with Crippen LogP contribution in [0.15, 0.2) is 12.3 Å². The van der Waals surface area contributed by atoms with Crippen LogP contribution in [0.1, 0.15) is 47.0 Å². The van der Waals surface area contributed by atoms with Crippen LogP contribution in [0.2, 0.25) is 0 Å². The second kappa shape index (κ2) is 9.08. The Morgan fingerprint density at radius 1 is 1.24 bits per heavy atom. The third kappa shape index (κ3) is 9.91. The van der Waals surface area contributed by atoms with Crippen molar-refractivity contribution in [2.24, 2.45) is 11.8 Å². The standard InChI is InChI=1S/C14H28N2O/c1-6-15-13(5)10-16-14(17)8-7-12(4)9-11(2)3/h11-12,15H,5-10H2,1-4H3,(H,16,17). The number of likely N-dealkylation sites (N-methyl/N-ethyl adjacent to an activating group) is 1. The summed E-state index contributed by atoms with van der Waals surface area (Å²) in [6.45, 7) is 13.9. The maximum Gasteiger partial charge on any atom is 0.220 e. The van der Waals surface area contributed by atoms with E-state index in [1.807, 2.05) is 6.92 Å². The molecule has 0 spiro atoms. The lowest BCUT2D eigenvalue weighted by molar-refractivity contribution is -0.121. The molecule has 0 aromatic heterocycles. The molecule has 1 atom stereocenters. The van der Waals surface area contributed by atoms with Gasteiger partial charge in [0, 0.05) is 18.7 Å². The van der Waals surface area contributed by atoms with E-state index in [4.69, 9.17) is 0 Å². The quantitative estimate of drug-likeness (QED) is 0.650. The van der Waals surface area contributed by atoms with Gasteiger partial charge in [0.25, 0.3) is 0 Å². The van der Waals surface area contributed by atoms with E-state index in [2.05, 4.69) is 38.0 Å². The van der Waals surface area contributed by atoms with Gasteiger partial charge in [-0.1, -0.05) is 27.4 Å². The summed E-state index contributed by atoms with van der Waals surface area (Å²) in [5.74, 6) is 1.46. The van der Waals surface area contributed by atoms with Crippen LogP contribution in [0, 0.1) is 11.8 Å². The number of amides is 1. The fraction of sp³-hybridized carbons (Fsp3) is 0.786. The average Bonchev–Trinajstić information content (AvgIpc) is 2.23. The topological polar surface area (TPSA) is 41.1 Å². The first-order valence-electron chi connectivity index (χ1n) is 6.64. The number of rotatable bonds is 9. The zero-order chi connectivity index (χ0) is 13.3. The summed E-state index contributed by atoms with van der Waals surface area (Å²) < 4.78 is 0. The highest BCUT2D eigenvalue weighted by atomic mass is 16.1. The molecule has 1 unspecified atom stereocenters. The smallest absolute Gasteiger partial charge is 0.220 e. The molecular weight excluding hydrogens is 212 g/mol. The zero-order valence-electron chi connectivity index (χ0n) is 11.8. The first-order chi connectivity index (χ1) is 7.95. The number of carbonyl (C=O) groups is 1. The highest BCUT2D eigenvalue weighted by Gasteiger charge is 2.08. The summed E-state index contributed by atoms with van der Waals surface area (Å²) in [6, 6.07) is 0. The van der Waals surface area contributed by atoms with Gasteiger partial charge in [-0.25, -0.2) is 0 Å². The minimum Gasteiger partial charge on any atom is -0.388 e. The Morgan fingerprint density at radius 2 is 1.88 bits per heavy atom. The molecule has 3 heteroatoms. The molecule has 2 N–H and O–H groups in total. The van der Waals surface area contributed by atoms with Crippen molar-refractivity contribution in [2.75, 3.05) is 13.1 Å². The fourth-order valence-electron chi connectivity index (χ4n) is 1.91. The summed E-state index contributed by atoms with van der Waals surface area (Å²) in [4.78, 5) is 11.6. The van der Waals surface area contributed by atoms with Gasteiger partial charge >= 0.3 is 0 Å². The maximum absolute atomic E-state index is 11.6. The molecule has 0 rings (SSSR count). The van der Waals surface area contributed by atoms with Crippen molar-refractivity contribution in [1.82, 2.24) is 10.6 Å². The molecule has 3 nitrogen and oxygen atoms in total. The van der Waals surface area contributed by atoms with E-state index < -0.39 is 0 Å². The van der Waals surface area contributed by atoms with E-state index in [9.17, 15) is 4.79 Å². The van der Waals surface area contributed by atoms with E-state index in [1.54, 1.807) is 0 Å². The Morgan fingerprint density at radius 3 is 2.41 bits per heavy atom. The van der Waals surface area contributed by atoms with Crippen LogP contribution in [0.5, 0.6) is 0 Å². The molecule has 0 bridgehead atoms. The van der Waals surface area contributed by atoms with Crippen molar-refractivity contribution in [1.29, 1.82) is 0 Å². The molecule has 0 aromatic rings. The van der Waals surface area contributed by atoms with Gasteiger partial charge < -0.3 is 10.6 Å². The van der Waals surface area contributed by atoms with Crippen LogP contribution in [-0.2, 0) is 4.79 Å². The Labute approximate surface area is 106 Å². The SMILES string of the molecule is C=C(CNC(=O)CCC(C)CC(C)C)NCC. The van der Waals surface area contributed by atoms with Gasteiger partial charge in [-0.2, -0.15) is 0 Å². The second-order valence-corrected chi connectivity index (χ2v) is 5.18. The van der Waals surface area contributed by atoms with Gasteiger partial charge in [0.2, 0.25) is 5.91 Å². The third-order valence-corrected chi connectivity index (χ3v) is 2.66. The molecule has 0 heterocycles. The van der Waals surface area contributed by atoms with E-state index >= 15 is 0 Å². The zero-order valence-corrected chi connectivity index (χ0v) is 11.8. The fourth-order valence-corrected chi connectivity index (χ4v) is 1.91. The van der Waals surface area contributed by atoms with Crippen molar-refractivity contribution in [2.45, 2.75) is 47.0 Å². The molecule has 0 radical (unpaired) electrons. The summed E-state index contributed by atoms with van der Waals surface area (Å²) in [5.41, 5.74) is 0.871. The summed E-state index contributed by atoms with van der Waals surface area (Å²) >= 11 is 0. The molecule has 0 aromatic carbocycles. The summed E-state index contributed by atoms with van der Waals surface area (Å²) in [5, 5.41) is 5.96. The Balaban J connectivity index is 3.62. The predicted molar refractivity (Wildman–Crippen MR) is 73.7 cm³/mol. The Bertz CT molecular complexity index is 236. The van der Waals surface area contributed by atoms with Crippen LogP contribution in [0.3, 0.4) is 0 Å². The van der Waals surface area contributed by atoms with E-state index in [1.165, 1.54) is 6.42 Å². The van der Waals surface area contributed by atoms with Crippen molar-refractivity contribution in [3.05, 3.63) is 12.3 Å². The van der Waals surface area contributed by atoms with Gasteiger partial charge in [-0.05, 0) is 31.6 Å². The second-order valence-electron chi connectivity index (χ2n) is 5.18. The molecule has 0 saturated heterocycles. The van der Waals surface area contributed by atoms with E-state index in [0.717, 1.165) is 18.7 Å². The Hall–Kier alpha value is -0.990. The van der Waals surface area contributed by atoms with Crippen LogP contribution >= 0.6 is 0 Å². The van der Waals surface area contributed by atoms with Gasteiger partial charge in [-0.15, -0.1) is 0 Å². The largest absolute Gasteiger partial charge is 0.388 e. The molecule has 0 aliphatic heterocycles. The number of hydrogen-bond donors (Lipinski definition) is 2. The molecule has 1 amide bonds. The minimum absolute atomic E-state index is 0.125. The maximum atomic E-state index is 11.6. The normalized spacial score (nSPS) is 12.3. The monoisotopic (exact) mass is 240 g/mol. The van der Waals surface area contributed by atoms with Gasteiger partial charge in [-0.3, -0.25) is 4.79 Å². The van der Waals surface area contributed by atoms with Crippen LogP contribution in [0.25, 0.3) is 0 Å². The average molecular weight is 240 g/mol. The first-order valence-corrected chi connectivity index (χ1v) is 6.64. The van der Waals surface area contributed by atoms with Gasteiger partial charge in [0.15, 0.2) is 0 Å². The van der Waals surface area contributed by atoms with Gasteiger partial charge in [0.05, 0.1) is 6.54 Å². The van der Waals surface area contributed by atoms with Crippen molar-refractivity contribution >= 4 is 5.91 Å². The Kier molecular flexibility index (Phi) is 8.55. The molecule has 0 aliphatic rings. The van der Waals surface area contributed by atoms with Crippen LogP contribution in [-0.4, -0.2) is 19.0 Å². The number of nitrogens with one attached hydrogen (secondary N) is 2. The first kappa shape index (κ1) is 16.0. The van der Waals surface area contributed by atoms with Crippen LogP contribution < -0.4 is 10.6 Å². The highest BCUT2D eigenvalue weighted by molar-refractivity contribution is 5.76. The summed E-state index contributed by atoms with van der Waals surface area (Å²) in [6.07, 6.45) is 2.78. The highest BCUT2D eigenvalue weighted by Crippen LogP contribution is 2.15. The van der Waals surface area contributed by atoms with E-state index in [-0.39, 0.29) is 5.91 Å². The predicted octanol–water partition coefficient (Wildman–Crippen LogP) is 2.69. The van der Waals surface area contributed by atoms with Crippen molar-refractivity contribution < 1.29 is 4.79 Å². The third-order valence-electron chi connectivity index (χ3n) is 2.66. The van der Waals surface area contributed by atoms with Crippen molar-refractivity contribution in [3.8, 4) is 0 Å².